The summed E-state index contributed by atoms with van der Waals surface area (Å²) in [7, 11) is 1.78. The van der Waals surface area contributed by atoms with Gasteiger partial charge >= 0.3 is 0 Å². The highest BCUT2D eigenvalue weighted by Gasteiger charge is 2.30. The number of aromatic nitrogens is 3. The van der Waals surface area contributed by atoms with Gasteiger partial charge in [0.2, 0.25) is 0 Å². The SMILES string of the molecule is CNCC(O)COc1cccc(-c2nc(NCC3(O)CCOCC3)c(C)c(-c3c(C)noc3C)n2)c1. The Labute approximate surface area is 211 Å². The topological polar surface area (TPSA) is 135 Å². The van der Waals surface area contributed by atoms with E-state index in [0.717, 1.165) is 22.4 Å². The van der Waals surface area contributed by atoms with E-state index in [1.165, 1.54) is 0 Å². The Morgan fingerprint density at radius 1 is 1.17 bits per heavy atom. The predicted molar refractivity (Wildman–Crippen MR) is 136 cm³/mol. The Morgan fingerprint density at radius 2 is 1.94 bits per heavy atom. The fourth-order valence-electron chi connectivity index (χ4n) is 4.27. The number of nitrogens with zero attached hydrogens (tertiary/aromatic N) is 3. The van der Waals surface area contributed by atoms with Crippen LogP contribution in [-0.2, 0) is 4.74 Å². The second-order valence-electron chi connectivity index (χ2n) is 9.31. The van der Waals surface area contributed by atoms with E-state index in [1.54, 1.807) is 7.05 Å². The van der Waals surface area contributed by atoms with Gasteiger partial charge in [-0.3, -0.25) is 0 Å². The zero-order valence-electron chi connectivity index (χ0n) is 21.3. The van der Waals surface area contributed by atoms with Crippen molar-refractivity contribution in [3.05, 3.63) is 41.3 Å². The molecule has 4 rings (SSSR count). The van der Waals surface area contributed by atoms with Crippen molar-refractivity contribution < 1.29 is 24.2 Å². The highest BCUT2D eigenvalue weighted by atomic mass is 16.5. The third-order valence-corrected chi connectivity index (χ3v) is 6.40. The van der Waals surface area contributed by atoms with Crippen molar-refractivity contribution in [3.63, 3.8) is 0 Å². The van der Waals surface area contributed by atoms with E-state index in [-0.39, 0.29) is 6.61 Å². The summed E-state index contributed by atoms with van der Waals surface area (Å²) >= 11 is 0. The Balaban J connectivity index is 1.69. The van der Waals surface area contributed by atoms with Gasteiger partial charge in [-0.15, -0.1) is 0 Å². The van der Waals surface area contributed by atoms with E-state index < -0.39 is 11.7 Å². The standard InChI is InChI=1S/C26H35N5O5/c1-16-23(22-17(2)31-36-18(22)3)29-25(30-24(16)28-15-26(33)8-10-34-11-9-26)19-6-5-7-21(12-19)35-14-20(32)13-27-4/h5-7,12,20,27,32-33H,8-11,13-15H2,1-4H3,(H,28,29,30). The molecule has 1 aromatic carbocycles. The number of likely N-dealkylation sites (N-methyl/N-ethyl adjacent to an activating group) is 1. The van der Waals surface area contributed by atoms with Crippen LogP contribution in [0.3, 0.4) is 0 Å². The summed E-state index contributed by atoms with van der Waals surface area (Å²) in [6.07, 6.45) is 0.506. The van der Waals surface area contributed by atoms with Gasteiger partial charge in [0.25, 0.3) is 0 Å². The highest BCUT2D eigenvalue weighted by Crippen LogP contribution is 2.34. The third kappa shape index (κ3) is 6.01. The van der Waals surface area contributed by atoms with E-state index in [4.69, 9.17) is 24.0 Å². The van der Waals surface area contributed by atoms with Crippen molar-refractivity contribution in [1.82, 2.24) is 20.4 Å². The summed E-state index contributed by atoms with van der Waals surface area (Å²) in [4.78, 5) is 9.72. The third-order valence-electron chi connectivity index (χ3n) is 6.40. The average Bonchev–Trinajstić information content (AvgIpc) is 3.20. The predicted octanol–water partition coefficient (Wildman–Crippen LogP) is 2.64. The molecule has 3 heterocycles. The smallest absolute Gasteiger partial charge is 0.162 e. The van der Waals surface area contributed by atoms with Gasteiger partial charge in [0.15, 0.2) is 5.82 Å². The summed E-state index contributed by atoms with van der Waals surface area (Å²) in [6, 6.07) is 7.46. The molecule has 0 amide bonds. The van der Waals surface area contributed by atoms with Crippen molar-refractivity contribution in [2.75, 3.05) is 45.3 Å². The molecule has 3 aromatic rings. The monoisotopic (exact) mass is 497 g/mol. The maximum absolute atomic E-state index is 11.0. The number of aliphatic hydroxyl groups is 2. The lowest BCUT2D eigenvalue weighted by Crippen LogP contribution is -2.42. The number of hydrogen-bond acceptors (Lipinski definition) is 10. The van der Waals surface area contributed by atoms with Crippen molar-refractivity contribution in [3.8, 4) is 28.4 Å². The van der Waals surface area contributed by atoms with Gasteiger partial charge in [0.1, 0.15) is 30.0 Å². The molecule has 0 bridgehead atoms. The summed E-state index contributed by atoms with van der Waals surface area (Å²) in [6.45, 7) is 7.71. The zero-order chi connectivity index (χ0) is 25.7. The van der Waals surface area contributed by atoms with Gasteiger partial charge in [-0.25, -0.2) is 9.97 Å². The number of benzene rings is 1. The Hall–Kier alpha value is -3.05. The Morgan fingerprint density at radius 3 is 2.64 bits per heavy atom. The molecule has 1 saturated heterocycles. The van der Waals surface area contributed by atoms with E-state index >= 15 is 0 Å². The second kappa shape index (κ2) is 11.3. The quantitative estimate of drug-likeness (QED) is 0.331. The number of nitrogens with one attached hydrogen (secondary N) is 2. The molecule has 1 unspecified atom stereocenters. The first-order valence-electron chi connectivity index (χ1n) is 12.2. The molecule has 2 aromatic heterocycles. The van der Waals surface area contributed by atoms with Gasteiger partial charge in [0.05, 0.1) is 22.6 Å². The number of hydrogen-bond donors (Lipinski definition) is 4. The minimum absolute atomic E-state index is 0.165. The molecule has 10 heteroatoms. The van der Waals surface area contributed by atoms with Crippen LogP contribution in [0.1, 0.15) is 29.9 Å². The van der Waals surface area contributed by atoms with Crippen molar-refractivity contribution in [1.29, 1.82) is 0 Å². The Bertz CT molecular complexity index is 1160. The Kier molecular flexibility index (Phi) is 8.20. The fourth-order valence-corrected chi connectivity index (χ4v) is 4.27. The summed E-state index contributed by atoms with van der Waals surface area (Å²) in [5, 5.41) is 31.4. The largest absolute Gasteiger partial charge is 0.491 e. The normalized spacial score (nSPS) is 16.1. The van der Waals surface area contributed by atoms with Crippen LogP contribution in [0.15, 0.2) is 28.8 Å². The molecule has 0 aliphatic carbocycles. The van der Waals surface area contributed by atoms with Gasteiger partial charge in [-0.1, -0.05) is 17.3 Å². The first-order chi connectivity index (χ1) is 17.3. The van der Waals surface area contributed by atoms with Crippen LogP contribution in [0.4, 0.5) is 5.82 Å². The maximum Gasteiger partial charge on any atom is 0.162 e. The van der Waals surface area contributed by atoms with Crippen LogP contribution in [0.5, 0.6) is 5.75 Å². The van der Waals surface area contributed by atoms with Crippen LogP contribution >= 0.6 is 0 Å². The van der Waals surface area contributed by atoms with E-state index in [0.29, 0.717) is 68.0 Å². The van der Waals surface area contributed by atoms with Gasteiger partial charge < -0.3 is 34.8 Å². The molecule has 1 atom stereocenters. The molecular formula is C26H35N5O5. The molecule has 1 aliphatic heterocycles. The van der Waals surface area contributed by atoms with Crippen molar-refractivity contribution in [2.24, 2.45) is 0 Å². The molecule has 0 radical (unpaired) electrons. The first-order valence-corrected chi connectivity index (χ1v) is 12.2. The number of rotatable bonds is 10. The van der Waals surface area contributed by atoms with Gasteiger partial charge in [-0.05, 0) is 40.0 Å². The van der Waals surface area contributed by atoms with E-state index in [1.807, 2.05) is 45.0 Å². The molecule has 36 heavy (non-hydrogen) atoms. The van der Waals surface area contributed by atoms with Crippen molar-refractivity contribution in [2.45, 2.75) is 45.3 Å². The number of ether oxygens (including phenoxy) is 2. The molecule has 1 aliphatic rings. The van der Waals surface area contributed by atoms with Gasteiger partial charge in [-0.2, -0.15) is 0 Å². The molecular weight excluding hydrogens is 462 g/mol. The van der Waals surface area contributed by atoms with Crippen LogP contribution in [0.2, 0.25) is 0 Å². The fraction of sp³-hybridized carbons (Fsp3) is 0.500. The number of aryl methyl sites for hydroxylation is 2. The maximum atomic E-state index is 11.0. The molecule has 10 nitrogen and oxygen atoms in total. The molecule has 1 fully saturated rings. The van der Waals surface area contributed by atoms with Crippen LogP contribution < -0.4 is 15.4 Å². The summed E-state index contributed by atoms with van der Waals surface area (Å²) < 4.78 is 16.6. The van der Waals surface area contributed by atoms with Gasteiger partial charge in [0, 0.05) is 50.3 Å². The highest BCUT2D eigenvalue weighted by molar-refractivity contribution is 5.74. The minimum atomic E-state index is -0.860. The molecule has 194 valence electrons. The minimum Gasteiger partial charge on any atom is -0.491 e. The van der Waals surface area contributed by atoms with E-state index in [9.17, 15) is 10.2 Å². The average molecular weight is 498 g/mol. The van der Waals surface area contributed by atoms with Crippen molar-refractivity contribution >= 4 is 5.82 Å². The lowest BCUT2D eigenvalue weighted by Gasteiger charge is -2.32. The molecule has 0 saturated carbocycles. The lowest BCUT2D eigenvalue weighted by atomic mass is 9.94. The van der Waals surface area contributed by atoms with Crippen LogP contribution in [0, 0.1) is 20.8 Å². The summed E-state index contributed by atoms with van der Waals surface area (Å²) in [5.74, 6) is 2.41. The van der Waals surface area contributed by atoms with Crippen LogP contribution in [0.25, 0.3) is 22.6 Å². The number of anilines is 1. The number of aliphatic hydroxyl groups excluding tert-OH is 1. The molecule has 0 spiro atoms. The summed E-state index contributed by atoms with van der Waals surface area (Å²) in [5.41, 5.74) is 3.02. The van der Waals surface area contributed by atoms with Crippen LogP contribution in [-0.4, -0.2) is 77.0 Å². The lowest BCUT2D eigenvalue weighted by molar-refractivity contribution is -0.0543. The van der Waals surface area contributed by atoms with E-state index in [2.05, 4.69) is 15.8 Å². The first kappa shape index (κ1) is 26.0. The second-order valence-corrected chi connectivity index (χ2v) is 9.31. The zero-order valence-corrected chi connectivity index (χ0v) is 21.3. The molecule has 4 N–H and O–H groups in total.